The lowest BCUT2D eigenvalue weighted by Gasteiger charge is -2.11. The van der Waals surface area contributed by atoms with Crippen molar-refractivity contribution in [1.29, 1.82) is 0 Å². The predicted octanol–water partition coefficient (Wildman–Crippen LogP) is 4.02. The zero-order chi connectivity index (χ0) is 20.1. The molecule has 0 bridgehead atoms. The Hall–Kier alpha value is -3.19. The summed E-state index contributed by atoms with van der Waals surface area (Å²) >= 11 is 3.34. The summed E-state index contributed by atoms with van der Waals surface area (Å²) in [6.45, 7) is 3.75. The second-order valence-electron chi connectivity index (χ2n) is 6.15. The van der Waals surface area contributed by atoms with Crippen LogP contribution in [0.4, 0.5) is 0 Å². The molecule has 2 amide bonds. The van der Waals surface area contributed by atoms with E-state index in [4.69, 9.17) is 0 Å². The van der Waals surface area contributed by atoms with E-state index in [1.54, 1.807) is 41.2 Å². The van der Waals surface area contributed by atoms with Crippen LogP contribution < -0.4 is 10.9 Å². The van der Waals surface area contributed by atoms with E-state index in [9.17, 15) is 9.59 Å². The molecule has 28 heavy (non-hydrogen) atoms. The van der Waals surface area contributed by atoms with Crippen molar-refractivity contribution in [3.63, 3.8) is 0 Å². The van der Waals surface area contributed by atoms with Gasteiger partial charge in [-0.2, -0.15) is 5.10 Å². The molecular weight excluding hydrogens is 420 g/mol. The third-order valence-corrected chi connectivity index (χ3v) is 4.90. The second-order valence-corrected chi connectivity index (χ2v) is 7.00. The van der Waals surface area contributed by atoms with Gasteiger partial charge in [-0.05, 0) is 60.1 Å². The van der Waals surface area contributed by atoms with Gasteiger partial charge in [0.05, 0.1) is 11.8 Å². The number of halogens is 1. The summed E-state index contributed by atoms with van der Waals surface area (Å²) in [6.07, 6.45) is 1.56. The van der Waals surface area contributed by atoms with Gasteiger partial charge < -0.3 is 0 Å². The third-order valence-electron chi connectivity index (χ3n) is 4.21. The van der Waals surface area contributed by atoms with Gasteiger partial charge in [-0.3, -0.25) is 19.7 Å². The molecule has 1 aromatic heterocycles. The molecule has 0 saturated carbocycles. The van der Waals surface area contributed by atoms with Crippen molar-refractivity contribution in [2.45, 2.75) is 13.8 Å². The minimum absolute atomic E-state index is 0.201. The van der Waals surface area contributed by atoms with Crippen LogP contribution in [0.25, 0.3) is 0 Å². The predicted molar refractivity (Wildman–Crippen MR) is 113 cm³/mol. The highest BCUT2D eigenvalue weighted by Crippen LogP contribution is 2.16. The highest BCUT2D eigenvalue weighted by atomic mass is 79.9. The van der Waals surface area contributed by atoms with Crippen molar-refractivity contribution >= 4 is 34.0 Å². The lowest BCUT2D eigenvalue weighted by atomic mass is 10.2. The average Bonchev–Trinajstić information content (AvgIpc) is 2.96. The maximum atomic E-state index is 12.4. The molecule has 0 aliphatic rings. The Morgan fingerprint density at radius 2 is 1.68 bits per heavy atom. The van der Waals surface area contributed by atoms with E-state index < -0.39 is 0 Å². The highest BCUT2D eigenvalue weighted by molar-refractivity contribution is 9.10. The molecule has 0 saturated heterocycles. The molecule has 7 heteroatoms. The van der Waals surface area contributed by atoms with Crippen LogP contribution in [0, 0.1) is 13.8 Å². The van der Waals surface area contributed by atoms with Crippen LogP contribution >= 0.6 is 15.9 Å². The molecule has 0 aliphatic heterocycles. The van der Waals surface area contributed by atoms with Crippen LogP contribution in [0.15, 0.2) is 70.2 Å². The molecule has 3 rings (SSSR count). The number of carbonyl (C=O) groups is 2. The fourth-order valence-electron chi connectivity index (χ4n) is 2.71. The number of nitrogens with zero attached hydrogens (tertiary/aromatic N) is 2. The number of rotatable bonds is 5. The maximum Gasteiger partial charge on any atom is 0.272 e. The minimum atomic E-state index is -0.310. The molecule has 0 unspecified atom stereocenters. The molecule has 0 radical (unpaired) electrons. The number of aryl methyl sites for hydroxylation is 1. The fourth-order valence-corrected chi connectivity index (χ4v) is 3.18. The summed E-state index contributed by atoms with van der Waals surface area (Å²) in [5, 5.41) is 4.04. The van der Waals surface area contributed by atoms with E-state index >= 15 is 0 Å². The van der Waals surface area contributed by atoms with Crippen LogP contribution in [0.5, 0.6) is 0 Å². The fraction of sp³-hybridized carbons (Fsp3) is 0.0952. The van der Waals surface area contributed by atoms with Gasteiger partial charge in [-0.15, -0.1) is 0 Å². The molecule has 6 nitrogen and oxygen atoms in total. The number of hydrogen-bond donors (Lipinski definition) is 2. The lowest BCUT2D eigenvalue weighted by Crippen LogP contribution is -2.24. The first-order valence-electron chi connectivity index (χ1n) is 8.60. The Kier molecular flexibility index (Phi) is 6.06. The van der Waals surface area contributed by atoms with Crippen LogP contribution in [-0.2, 0) is 0 Å². The van der Waals surface area contributed by atoms with Gasteiger partial charge in [-0.1, -0.05) is 30.3 Å². The molecule has 0 spiro atoms. The largest absolute Gasteiger partial charge is 0.272 e. The van der Waals surface area contributed by atoms with E-state index in [2.05, 4.69) is 31.9 Å². The zero-order valence-electron chi connectivity index (χ0n) is 15.4. The third kappa shape index (κ3) is 4.37. The van der Waals surface area contributed by atoms with Crippen LogP contribution in [-0.4, -0.2) is 22.7 Å². The standard InChI is InChI=1S/C21H19BrN4O2/c1-14-12-17(13-23-24-21(28)18-10-6-7-11-19(18)22)15(2)26(14)25-20(27)16-8-4-3-5-9-16/h3-13H,1-2H3,(H,24,28)(H,25,27)/b23-13-. The number of hydrazone groups is 1. The van der Waals surface area contributed by atoms with Gasteiger partial charge in [-0.25, -0.2) is 5.43 Å². The summed E-state index contributed by atoms with van der Waals surface area (Å²) in [5.41, 5.74) is 8.90. The highest BCUT2D eigenvalue weighted by Gasteiger charge is 2.12. The topological polar surface area (TPSA) is 75.5 Å². The van der Waals surface area contributed by atoms with Gasteiger partial charge in [0.1, 0.15) is 0 Å². The molecule has 142 valence electrons. The molecule has 2 N–H and O–H groups in total. The molecule has 0 fully saturated rings. The number of benzene rings is 2. The zero-order valence-corrected chi connectivity index (χ0v) is 17.0. The summed E-state index contributed by atoms with van der Waals surface area (Å²) in [5.74, 6) is -0.511. The average molecular weight is 439 g/mol. The Morgan fingerprint density at radius 1 is 1.00 bits per heavy atom. The Labute approximate surface area is 171 Å². The van der Waals surface area contributed by atoms with Crippen LogP contribution in [0.3, 0.4) is 0 Å². The van der Waals surface area contributed by atoms with Crippen LogP contribution in [0.1, 0.15) is 37.7 Å². The first-order valence-corrected chi connectivity index (χ1v) is 9.40. The Bertz CT molecular complexity index is 1040. The quantitative estimate of drug-likeness (QED) is 0.466. The first-order chi connectivity index (χ1) is 13.5. The number of carbonyl (C=O) groups excluding carboxylic acids is 2. The van der Waals surface area contributed by atoms with Crippen molar-refractivity contribution in [2.75, 3.05) is 5.43 Å². The summed E-state index contributed by atoms with van der Waals surface area (Å²) in [7, 11) is 0. The number of nitrogens with one attached hydrogen (secondary N) is 2. The van der Waals surface area contributed by atoms with Crippen molar-refractivity contribution < 1.29 is 9.59 Å². The first kappa shape index (κ1) is 19.6. The normalized spacial score (nSPS) is 10.8. The maximum absolute atomic E-state index is 12.4. The molecule has 1 heterocycles. The number of hydrogen-bond acceptors (Lipinski definition) is 3. The molecule has 2 aromatic carbocycles. The van der Waals surface area contributed by atoms with Crippen molar-refractivity contribution in [1.82, 2.24) is 10.1 Å². The summed E-state index contributed by atoms with van der Waals surface area (Å²) in [6, 6.07) is 18.0. The summed E-state index contributed by atoms with van der Waals surface area (Å²) in [4.78, 5) is 24.6. The van der Waals surface area contributed by atoms with Gasteiger partial charge in [0.2, 0.25) is 0 Å². The number of aromatic nitrogens is 1. The van der Waals surface area contributed by atoms with Gasteiger partial charge >= 0.3 is 0 Å². The molecule has 0 aliphatic carbocycles. The van der Waals surface area contributed by atoms with Crippen molar-refractivity contribution in [3.8, 4) is 0 Å². The van der Waals surface area contributed by atoms with E-state index in [1.807, 2.05) is 44.2 Å². The second kappa shape index (κ2) is 8.67. The monoisotopic (exact) mass is 438 g/mol. The van der Waals surface area contributed by atoms with Crippen molar-refractivity contribution in [3.05, 3.63) is 93.2 Å². The molecule has 3 aromatic rings. The van der Waals surface area contributed by atoms with Gasteiger partial charge in [0.25, 0.3) is 11.8 Å². The van der Waals surface area contributed by atoms with Crippen LogP contribution in [0.2, 0.25) is 0 Å². The van der Waals surface area contributed by atoms with Gasteiger partial charge in [0, 0.05) is 27.0 Å². The lowest BCUT2D eigenvalue weighted by molar-refractivity contribution is 0.0953. The van der Waals surface area contributed by atoms with E-state index in [-0.39, 0.29) is 11.8 Å². The van der Waals surface area contributed by atoms with E-state index in [0.29, 0.717) is 15.6 Å². The molecule has 0 atom stereocenters. The summed E-state index contributed by atoms with van der Waals surface area (Å²) < 4.78 is 2.40. The Balaban J connectivity index is 1.71. The number of amides is 2. The van der Waals surface area contributed by atoms with E-state index in [1.165, 1.54) is 0 Å². The minimum Gasteiger partial charge on any atom is -0.267 e. The Morgan fingerprint density at radius 3 is 2.39 bits per heavy atom. The van der Waals surface area contributed by atoms with Crippen molar-refractivity contribution in [2.24, 2.45) is 5.10 Å². The van der Waals surface area contributed by atoms with E-state index in [0.717, 1.165) is 17.0 Å². The smallest absolute Gasteiger partial charge is 0.267 e. The van der Waals surface area contributed by atoms with Gasteiger partial charge in [0.15, 0.2) is 0 Å². The SMILES string of the molecule is Cc1cc(/C=N\NC(=O)c2ccccc2Br)c(C)n1NC(=O)c1ccccc1. The molecular formula is C21H19BrN4O2.